The van der Waals surface area contributed by atoms with Crippen molar-refractivity contribution in [2.75, 3.05) is 53.4 Å². The van der Waals surface area contributed by atoms with Crippen molar-refractivity contribution in [3.63, 3.8) is 0 Å². The molecule has 184 valence electrons. The van der Waals surface area contributed by atoms with E-state index in [0.29, 0.717) is 18.7 Å². The van der Waals surface area contributed by atoms with Crippen LogP contribution in [0.3, 0.4) is 0 Å². The molecule has 0 radical (unpaired) electrons. The second kappa shape index (κ2) is 15.1. The van der Waals surface area contributed by atoms with Crippen molar-refractivity contribution < 1.29 is 14.3 Å². The molecule has 8 nitrogen and oxygen atoms in total. The number of aliphatic imine (C=N–C) groups is 1. The summed E-state index contributed by atoms with van der Waals surface area (Å²) in [5.74, 6) is 1.09. The van der Waals surface area contributed by atoms with Crippen LogP contribution < -0.4 is 10.6 Å². The molecule has 0 saturated carbocycles. The lowest BCUT2D eigenvalue weighted by Crippen LogP contribution is -2.50. The molecule has 0 aromatic heterocycles. The van der Waals surface area contributed by atoms with E-state index < -0.39 is 5.60 Å². The third kappa shape index (κ3) is 14.1. The average Bonchev–Trinajstić information content (AvgIpc) is 2.64. The van der Waals surface area contributed by atoms with Gasteiger partial charge in [-0.2, -0.15) is 0 Å². The summed E-state index contributed by atoms with van der Waals surface area (Å²) < 4.78 is 11.1. The molecule has 1 amide bonds. The summed E-state index contributed by atoms with van der Waals surface area (Å²) >= 11 is 0. The highest BCUT2D eigenvalue weighted by atomic mass is 127. The molecule has 0 aromatic rings. The van der Waals surface area contributed by atoms with Gasteiger partial charge in [-0.05, 0) is 53.4 Å². The van der Waals surface area contributed by atoms with E-state index in [-0.39, 0.29) is 36.0 Å². The zero-order chi connectivity index (χ0) is 22.7. The highest BCUT2D eigenvalue weighted by molar-refractivity contribution is 14.0. The standard InChI is InChI=1S/C22H45N5O3.HI/c1-17(2)29-14-13-27-11-9-19(10-12-27)25-20(23-7)24-15-18(3)16-26(8)21(28)30-22(4,5)6;/h17-19H,9-16H2,1-8H3,(H2,23,24,25);1H. The molecule has 1 heterocycles. The van der Waals surface area contributed by atoms with Gasteiger partial charge in [-0.3, -0.25) is 4.99 Å². The van der Waals surface area contributed by atoms with Crippen LogP contribution in [-0.4, -0.2) is 93.0 Å². The van der Waals surface area contributed by atoms with E-state index in [0.717, 1.165) is 51.6 Å². The van der Waals surface area contributed by atoms with Crippen molar-refractivity contribution in [1.82, 2.24) is 20.4 Å². The van der Waals surface area contributed by atoms with Crippen molar-refractivity contribution in [3.05, 3.63) is 0 Å². The van der Waals surface area contributed by atoms with E-state index >= 15 is 0 Å². The van der Waals surface area contributed by atoms with E-state index in [2.05, 4.69) is 41.3 Å². The molecule has 1 fully saturated rings. The quantitative estimate of drug-likeness (QED) is 0.259. The minimum absolute atomic E-state index is 0. The number of carbonyl (C=O) groups excluding carboxylic acids is 1. The number of hydrogen-bond acceptors (Lipinski definition) is 5. The normalized spacial score (nSPS) is 17.1. The first kappa shape index (κ1) is 30.2. The molecule has 2 N–H and O–H groups in total. The van der Waals surface area contributed by atoms with E-state index in [9.17, 15) is 4.79 Å². The predicted molar refractivity (Wildman–Crippen MR) is 138 cm³/mol. The zero-order valence-electron chi connectivity index (χ0n) is 20.9. The first-order valence-electron chi connectivity index (χ1n) is 11.3. The number of amides is 1. The van der Waals surface area contributed by atoms with Gasteiger partial charge in [0.25, 0.3) is 0 Å². The third-order valence-corrected chi connectivity index (χ3v) is 4.92. The van der Waals surface area contributed by atoms with Gasteiger partial charge in [0.1, 0.15) is 5.60 Å². The maximum Gasteiger partial charge on any atom is 0.410 e. The Morgan fingerprint density at radius 3 is 2.35 bits per heavy atom. The summed E-state index contributed by atoms with van der Waals surface area (Å²) in [5.41, 5.74) is -0.476. The summed E-state index contributed by atoms with van der Waals surface area (Å²) in [6.45, 7) is 17.2. The number of likely N-dealkylation sites (tertiary alicyclic amines) is 1. The Morgan fingerprint density at radius 2 is 1.84 bits per heavy atom. The number of hydrogen-bond donors (Lipinski definition) is 2. The van der Waals surface area contributed by atoms with Gasteiger partial charge in [0.2, 0.25) is 0 Å². The van der Waals surface area contributed by atoms with E-state index in [4.69, 9.17) is 9.47 Å². The minimum atomic E-state index is -0.476. The fraction of sp³-hybridized carbons (Fsp3) is 0.909. The molecule has 1 atom stereocenters. The van der Waals surface area contributed by atoms with Gasteiger partial charge in [-0.25, -0.2) is 4.79 Å². The molecule has 9 heteroatoms. The summed E-state index contributed by atoms with van der Waals surface area (Å²) in [6.07, 6.45) is 2.20. The fourth-order valence-electron chi connectivity index (χ4n) is 3.32. The van der Waals surface area contributed by atoms with Crippen LogP contribution >= 0.6 is 24.0 Å². The van der Waals surface area contributed by atoms with Gasteiger partial charge in [-0.15, -0.1) is 24.0 Å². The molecule has 1 aliphatic rings. The number of carbonyl (C=O) groups is 1. The summed E-state index contributed by atoms with van der Waals surface area (Å²) in [7, 11) is 3.57. The average molecular weight is 556 g/mol. The third-order valence-electron chi connectivity index (χ3n) is 4.92. The van der Waals surface area contributed by atoms with E-state index in [1.807, 2.05) is 20.8 Å². The summed E-state index contributed by atoms with van der Waals surface area (Å²) in [5, 5.41) is 6.93. The Kier molecular flexibility index (Phi) is 14.7. The van der Waals surface area contributed by atoms with Crippen LogP contribution in [0.1, 0.15) is 54.4 Å². The van der Waals surface area contributed by atoms with Gasteiger partial charge >= 0.3 is 6.09 Å². The number of halogens is 1. The predicted octanol–water partition coefficient (Wildman–Crippen LogP) is 3.16. The number of piperidine rings is 1. The van der Waals surface area contributed by atoms with Crippen LogP contribution in [0.4, 0.5) is 4.79 Å². The molecule has 31 heavy (non-hydrogen) atoms. The minimum Gasteiger partial charge on any atom is -0.444 e. The van der Waals surface area contributed by atoms with Gasteiger partial charge in [0.05, 0.1) is 12.7 Å². The number of nitrogens with zero attached hydrogens (tertiary/aromatic N) is 3. The first-order chi connectivity index (χ1) is 14.0. The topological polar surface area (TPSA) is 78.4 Å². The van der Waals surface area contributed by atoms with Gasteiger partial charge < -0.3 is 29.9 Å². The van der Waals surface area contributed by atoms with Crippen LogP contribution in [0.5, 0.6) is 0 Å². The maximum atomic E-state index is 12.1. The van der Waals surface area contributed by atoms with Crippen LogP contribution in [0.2, 0.25) is 0 Å². The van der Waals surface area contributed by atoms with Crippen molar-refractivity contribution in [3.8, 4) is 0 Å². The van der Waals surface area contributed by atoms with Gasteiger partial charge in [0, 0.05) is 52.9 Å². The van der Waals surface area contributed by atoms with Crippen LogP contribution in [-0.2, 0) is 9.47 Å². The summed E-state index contributed by atoms with van der Waals surface area (Å²) in [6, 6.07) is 0.429. The molecule has 0 spiro atoms. The fourth-order valence-corrected chi connectivity index (χ4v) is 3.32. The van der Waals surface area contributed by atoms with Crippen LogP contribution in [0.15, 0.2) is 4.99 Å². The largest absolute Gasteiger partial charge is 0.444 e. The molecule has 1 unspecified atom stereocenters. The second-order valence-electron chi connectivity index (χ2n) is 9.60. The van der Waals surface area contributed by atoms with E-state index in [1.54, 1.807) is 19.0 Å². The monoisotopic (exact) mass is 555 g/mol. The molecular formula is C22H46IN5O3. The van der Waals surface area contributed by atoms with Gasteiger partial charge in [0.15, 0.2) is 5.96 Å². The lowest BCUT2D eigenvalue weighted by Gasteiger charge is -2.33. The molecule has 1 rings (SSSR count). The van der Waals surface area contributed by atoms with Crippen molar-refractivity contribution in [2.24, 2.45) is 10.9 Å². The molecular weight excluding hydrogens is 509 g/mol. The highest BCUT2D eigenvalue weighted by Gasteiger charge is 2.22. The van der Waals surface area contributed by atoms with Crippen LogP contribution in [0.25, 0.3) is 0 Å². The Labute approximate surface area is 206 Å². The SMILES string of the molecule is CN=C(NCC(C)CN(C)C(=O)OC(C)(C)C)NC1CCN(CCOC(C)C)CC1.I. The molecule has 0 bridgehead atoms. The lowest BCUT2D eigenvalue weighted by atomic mass is 10.1. The Balaban J connectivity index is 0.00000900. The molecule has 0 aromatic carbocycles. The smallest absolute Gasteiger partial charge is 0.410 e. The Bertz CT molecular complexity index is 532. The molecule has 1 saturated heterocycles. The van der Waals surface area contributed by atoms with Gasteiger partial charge in [-0.1, -0.05) is 6.92 Å². The Hall–Kier alpha value is -0.810. The van der Waals surface area contributed by atoms with Crippen molar-refractivity contribution in [1.29, 1.82) is 0 Å². The molecule has 1 aliphatic heterocycles. The highest BCUT2D eigenvalue weighted by Crippen LogP contribution is 2.11. The number of ether oxygens (including phenoxy) is 2. The second-order valence-corrected chi connectivity index (χ2v) is 9.60. The zero-order valence-corrected chi connectivity index (χ0v) is 23.2. The number of nitrogens with one attached hydrogen (secondary N) is 2. The lowest BCUT2D eigenvalue weighted by molar-refractivity contribution is 0.0277. The summed E-state index contributed by atoms with van der Waals surface area (Å²) in [4.78, 5) is 20.6. The maximum absolute atomic E-state index is 12.1. The molecule has 0 aliphatic carbocycles. The van der Waals surface area contributed by atoms with Crippen molar-refractivity contribution in [2.45, 2.75) is 72.1 Å². The number of guanidine groups is 1. The first-order valence-corrected chi connectivity index (χ1v) is 11.3. The van der Waals surface area contributed by atoms with Crippen LogP contribution in [0, 0.1) is 5.92 Å². The number of rotatable bonds is 9. The Morgan fingerprint density at radius 1 is 1.23 bits per heavy atom. The van der Waals surface area contributed by atoms with Crippen molar-refractivity contribution >= 4 is 36.0 Å². The van der Waals surface area contributed by atoms with E-state index in [1.165, 1.54) is 0 Å².